The second kappa shape index (κ2) is 6.52. The topological polar surface area (TPSA) is 18.5 Å². The Kier molecular flexibility index (Phi) is 4.73. The van der Waals surface area contributed by atoms with E-state index in [2.05, 4.69) is 0 Å². The van der Waals surface area contributed by atoms with Crippen LogP contribution in [-0.4, -0.2) is 13.7 Å². The Hall–Kier alpha value is -2.17. The van der Waals surface area contributed by atoms with Gasteiger partial charge in [0, 0.05) is 12.5 Å². The third kappa shape index (κ3) is 3.90. The van der Waals surface area contributed by atoms with Crippen molar-refractivity contribution in [2.45, 2.75) is 13.3 Å². The van der Waals surface area contributed by atoms with Crippen LogP contribution >= 0.6 is 0 Å². The summed E-state index contributed by atoms with van der Waals surface area (Å²) < 4.78 is 50.0. The number of methoxy groups -OCH3 is 1. The molecule has 0 unspecified atom stereocenters. The third-order valence-electron chi connectivity index (χ3n) is 2.95. The zero-order valence-electron chi connectivity index (χ0n) is 11.8. The maximum absolute atomic E-state index is 13.3. The highest BCUT2D eigenvalue weighted by molar-refractivity contribution is 5.32. The fourth-order valence-corrected chi connectivity index (χ4v) is 1.98. The highest BCUT2D eigenvalue weighted by Crippen LogP contribution is 2.22. The summed E-state index contributed by atoms with van der Waals surface area (Å²) in [6.45, 7) is 1.98. The molecule has 0 radical (unpaired) electrons. The molecule has 112 valence electrons. The van der Waals surface area contributed by atoms with Gasteiger partial charge in [-0.3, -0.25) is 0 Å². The molecule has 21 heavy (non-hydrogen) atoms. The van der Waals surface area contributed by atoms with Crippen molar-refractivity contribution >= 4 is 0 Å². The average molecular weight is 296 g/mol. The minimum Gasteiger partial charge on any atom is -0.494 e. The number of hydrogen-bond donors (Lipinski definition) is 0. The minimum atomic E-state index is -1.01. The molecule has 0 N–H and O–H groups in total. The van der Waals surface area contributed by atoms with E-state index in [0.29, 0.717) is 17.7 Å². The fraction of sp³-hybridized carbons (Fsp3) is 0.250. The Morgan fingerprint density at radius 3 is 2.43 bits per heavy atom. The molecular weight excluding hydrogens is 281 g/mol. The van der Waals surface area contributed by atoms with Crippen molar-refractivity contribution < 1.29 is 22.6 Å². The van der Waals surface area contributed by atoms with Gasteiger partial charge in [0.2, 0.25) is 5.82 Å². The first-order valence-electron chi connectivity index (χ1n) is 6.41. The molecule has 0 bridgehead atoms. The summed E-state index contributed by atoms with van der Waals surface area (Å²) in [6.07, 6.45) is 0.350. The van der Waals surface area contributed by atoms with E-state index in [4.69, 9.17) is 9.47 Å². The van der Waals surface area contributed by atoms with Crippen LogP contribution in [0.3, 0.4) is 0 Å². The number of hydrogen-bond acceptors (Lipinski definition) is 2. The van der Waals surface area contributed by atoms with E-state index in [1.54, 1.807) is 13.0 Å². The van der Waals surface area contributed by atoms with Gasteiger partial charge in [0.1, 0.15) is 11.6 Å². The molecule has 0 saturated carbocycles. The lowest BCUT2D eigenvalue weighted by Gasteiger charge is -2.09. The Balaban J connectivity index is 2.02. The predicted octanol–water partition coefficient (Wildman–Crippen LogP) is 4.04. The summed E-state index contributed by atoms with van der Waals surface area (Å²) in [5, 5.41) is 0. The summed E-state index contributed by atoms with van der Waals surface area (Å²) in [6, 6.07) is 6.89. The highest BCUT2D eigenvalue weighted by Gasteiger charge is 2.11. The second-order valence-corrected chi connectivity index (χ2v) is 4.66. The molecule has 2 aromatic carbocycles. The molecule has 0 aliphatic heterocycles. The number of ether oxygens (including phenoxy) is 2. The average Bonchev–Trinajstić information content (AvgIpc) is 2.41. The first-order chi connectivity index (χ1) is 9.99. The number of halogens is 3. The van der Waals surface area contributed by atoms with E-state index in [0.717, 1.165) is 11.6 Å². The van der Waals surface area contributed by atoms with Gasteiger partial charge in [-0.15, -0.1) is 0 Å². The smallest absolute Gasteiger partial charge is 0.200 e. The third-order valence-corrected chi connectivity index (χ3v) is 2.95. The Labute approximate surface area is 121 Å². The molecule has 0 saturated heterocycles. The lowest BCUT2D eigenvalue weighted by atomic mass is 10.1. The Bertz CT molecular complexity index is 621. The number of rotatable bonds is 5. The van der Waals surface area contributed by atoms with Crippen LogP contribution in [0.25, 0.3) is 0 Å². The van der Waals surface area contributed by atoms with E-state index in [-0.39, 0.29) is 18.2 Å². The zero-order chi connectivity index (χ0) is 15.4. The van der Waals surface area contributed by atoms with E-state index >= 15 is 0 Å². The number of aryl methyl sites for hydroxylation is 1. The molecule has 2 rings (SSSR count). The van der Waals surface area contributed by atoms with Crippen LogP contribution in [0.15, 0.2) is 30.3 Å². The fourth-order valence-electron chi connectivity index (χ4n) is 1.98. The summed E-state index contributed by atoms with van der Waals surface area (Å²) in [5.41, 5.74) is 1.29. The maximum Gasteiger partial charge on any atom is 0.200 e. The Morgan fingerprint density at radius 2 is 1.76 bits per heavy atom. The van der Waals surface area contributed by atoms with Gasteiger partial charge in [-0.2, -0.15) is 4.39 Å². The normalized spacial score (nSPS) is 10.5. The quantitative estimate of drug-likeness (QED) is 0.829. The molecule has 5 heteroatoms. The molecule has 0 aliphatic carbocycles. The van der Waals surface area contributed by atoms with Crippen molar-refractivity contribution in [3.8, 4) is 11.5 Å². The van der Waals surface area contributed by atoms with Gasteiger partial charge in [-0.1, -0.05) is 0 Å². The molecule has 0 fully saturated rings. The molecule has 0 heterocycles. The van der Waals surface area contributed by atoms with Gasteiger partial charge in [0.15, 0.2) is 11.6 Å². The van der Waals surface area contributed by atoms with Crippen LogP contribution in [0, 0.1) is 24.4 Å². The first kappa shape index (κ1) is 15.2. The van der Waals surface area contributed by atoms with Crippen molar-refractivity contribution in [3.63, 3.8) is 0 Å². The summed E-state index contributed by atoms with van der Waals surface area (Å²) >= 11 is 0. The first-order valence-corrected chi connectivity index (χ1v) is 6.41. The molecule has 0 spiro atoms. The lowest BCUT2D eigenvalue weighted by molar-refractivity contribution is 0.318. The summed E-state index contributed by atoms with van der Waals surface area (Å²) in [5.74, 6) is -2.10. The second-order valence-electron chi connectivity index (χ2n) is 4.66. The molecule has 0 aliphatic rings. The van der Waals surface area contributed by atoms with Gasteiger partial charge in [-0.05, 0) is 42.3 Å². The van der Waals surface area contributed by atoms with Crippen LogP contribution in [0.2, 0.25) is 0 Å². The SMILES string of the molecule is COc1cc(CCOc2cc(C)cc(F)c2)cc(F)c1F. The van der Waals surface area contributed by atoms with E-state index in [9.17, 15) is 13.2 Å². The summed E-state index contributed by atoms with van der Waals surface area (Å²) in [7, 11) is 1.27. The van der Waals surface area contributed by atoms with Crippen molar-refractivity contribution in [2.24, 2.45) is 0 Å². The maximum atomic E-state index is 13.3. The molecule has 0 aromatic heterocycles. The predicted molar refractivity (Wildman–Crippen MR) is 73.2 cm³/mol. The van der Waals surface area contributed by atoms with Crippen LogP contribution in [-0.2, 0) is 6.42 Å². The van der Waals surface area contributed by atoms with Crippen LogP contribution in [0.4, 0.5) is 13.2 Å². The van der Waals surface area contributed by atoms with Gasteiger partial charge in [0.25, 0.3) is 0 Å². The van der Waals surface area contributed by atoms with Crippen LogP contribution < -0.4 is 9.47 Å². The van der Waals surface area contributed by atoms with E-state index in [1.807, 2.05) is 0 Å². The van der Waals surface area contributed by atoms with E-state index in [1.165, 1.54) is 25.3 Å². The van der Waals surface area contributed by atoms with E-state index < -0.39 is 11.6 Å². The number of benzene rings is 2. The molecule has 2 aromatic rings. The standard InChI is InChI=1S/C16H15F3O2/c1-10-5-12(17)9-13(6-10)21-4-3-11-7-14(18)16(19)15(8-11)20-2/h5-9H,3-4H2,1-2H3. The molecular formula is C16H15F3O2. The van der Waals surface area contributed by atoms with Crippen LogP contribution in [0.1, 0.15) is 11.1 Å². The van der Waals surface area contributed by atoms with Crippen molar-refractivity contribution in [1.29, 1.82) is 0 Å². The molecule has 2 nitrogen and oxygen atoms in total. The summed E-state index contributed by atoms with van der Waals surface area (Å²) in [4.78, 5) is 0. The van der Waals surface area contributed by atoms with Gasteiger partial charge >= 0.3 is 0 Å². The lowest BCUT2D eigenvalue weighted by Crippen LogP contribution is -2.03. The minimum absolute atomic E-state index is 0.147. The molecule has 0 atom stereocenters. The van der Waals surface area contributed by atoms with Gasteiger partial charge in [0.05, 0.1) is 13.7 Å². The highest BCUT2D eigenvalue weighted by atomic mass is 19.2. The largest absolute Gasteiger partial charge is 0.494 e. The molecule has 0 amide bonds. The zero-order valence-corrected chi connectivity index (χ0v) is 11.8. The van der Waals surface area contributed by atoms with Gasteiger partial charge in [-0.25, -0.2) is 8.78 Å². The van der Waals surface area contributed by atoms with Crippen molar-refractivity contribution in [3.05, 3.63) is 58.9 Å². The monoisotopic (exact) mass is 296 g/mol. The van der Waals surface area contributed by atoms with Crippen molar-refractivity contribution in [2.75, 3.05) is 13.7 Å². The Morgan fingerprint density at radius 1 is 1.00 bits per heavy atom. The van der Waals surface area contributed by atoms with Crippen molar-refractivity contribution in [1.82, 2.24) is 0 Å². The van der Waals surface area contributed by atoms with Crippen LogP contribution in [0.5, 0.6) is 11.5 Å². The van der Waals surface area contributed by atoms with Gasteiger partial charge < -0.3 is 9.47 Å².